The standard InChI is InChI=1S/C24H22ClN3O6/c1-14-2-11-19-20(12-14)24(32)27(23(19)31)26(13-21(29)15-3-7-17(25)8-4-15)22(30)16-5-9-18(10-6-16)28(33)34/h3-10,14,19-20H,2,11-13H2,1H3/t14-,19-,20+/m1/s1. The van der Waals surface area contributed by atoms with Crippen molar-refractivity contribution in [3.63, 3.8) is 0 Å². The summed E-state index contributed by atoms with van der Waals surface area (Å²) in [7, 11) is 0. The first kappa shape index (κ1) is 23.6. The van der Waals surface area contributed by atoms with Crippen molar-refractivity contribution in [2.75, 3.05) is 6.54 Å². The molecule has 9 nitrogen and oxygen atoms in total. The van der Waals surface area contributed by atoms with E-state index in [1.807, 2.05) is 6.92 Å². The summed E-state index contributed by atoms with van der Waals surface area (Å²) in [5.41, 5.74) is 0.0584. The number of nitrogens with zero attached hydrogens (tertiary/aromatic N) is 3. The van der Waals surface area contributed by atoms with Crippen LogP contribution >= 0.6 is 11.6 Å². The zero-order chi connectivity index (χ0) is 24.6. The van der Waals surface area contributed by atoms with Crippen LogP contribution in [-0.4, -0.2) is 45.0 Å². The van der Waals surface area contributed by atoms with Crippen LogP contribution in [0.25, 0.3) is 0 Å². The number of non-ortho nitro benzene ring substituents is 1. The minimum atomic E-state index is -0.773. The van der Waals surface area contributed by atoms with E-state index in [2.05, 4.69) is 0 Å². The van der Waals surface area contributed by atoms with Crippen LogP contribution in [0.4, 0.5) is 5.69 Å². The van der Waals surface area contributed by atoms with Gasteiger partial charge in [-0.05, 0) is 61.6 Å². The van der Waals surface area contributed by atoms with Gasteiger partial charge in [-0.2, -0.15) is 5.01 Å². The molecule has 4 rings (SSSR count). The molecule has 1 saturated heterocycles. The Bertz CT molecular complexity index is 1160. The Morgan fingerprint density at radius 2 is 1.59 bits per heavy atom. The lowest BCUT2D eigenvalue weighted by Gasteiger charge is -2.30. The predicted octanol–water partition coefficient (Wildman–Crippen LogP) is 3.91. The third kappa shape index (κ3) is 4.43. The van der Waals surface area contributed by atoms with Gasteiger partial charge in [-0.1, -0.05) is 18.5 Å². The molecule has 1 aliphatic carbocycles. The summed E-state index contributed by atoms with van der Waals surface area (Å²) in [4.78, 5) is 63.3. The fraction of sp³-hybridized carbons (Fsp3) is 0.333. The van der Waals surface area contributed by atoms with Gasteiger partial charge >= 0.3 is 0 Å². The smallest absolute Gasteiger partial charge is 0.273 e. The highest BCUT2D eigenvalue weighted by Crippen LogP contribution is 2.41. The number of rotatable bonds is 6. The van der Waals surface area contributed by atoms with Crippen molar-refractivity contribution in [3.05, 3.63) is 74.8 Å². The van der Waals surface area contributed by atoms with Gasteiger partial charge in [0.2, 0.25) is 0 Å². The lowest BCUT2D eigenvalue weighted by Crippen LogP contribution is -2.52. The first-order valence-electron chi connectivity index (χ1n) is 10.9. The van der Waals surface area contributed by atoms with Crippen molar-refractivity contribution in [1.82, 2.24) is 10.0 Å². The van der Waals surface area contributed by atoms with Gasteiger partial charge in [0, 0.05) is 28.3 Å². The van der Waals surface area contributed by atoms with Crippen molar-refractivity contribution in [1.29, 1.82) is 0 Å². The fourth-order valence-electron chi connectivity index (χ4n) is 4.58. The normalized spacial score (nSPS) is 21.8. The van der Waals surface area contributed by atoms with E-state index in [-0.39, 0.29) is 22.7 Å². The van der Waals surface area contributed by atoms with Gasteiger partial charge in [0.15, 0.2) is 5.78 Å². The summed E-state index contributed by atoms with van der Waals surface area (Å²) in [6.07, 6.45) is 1.88. The molecule has 1 aliphatic heterocycles. The van der Waals surface area contributed by atoms with Crippen LogP contribution in [0, 0.1) is 27.9 Å². The second-order valence-corrected chi connectivity index (χ2v) is 9.15. The number of fused-ring (bicyclic) bond motifs is 1. The van der Waals surface area contributed by atoms with Crippen molar-refractivity contribution in [2.45, 2.75) is 26.2 Å². The van der Waals surface area contributed by atoms with E-state index in [0.29, 0.717) is 17.9 Å². The number of hydrogen-bond acceptors (Lipinski definition) is 6. The minimum Gasteiger partial charge on any atom is -0.292 e. The topological polar surface area (TPSA) is 118 Å². The first-order valence-corrected chi connectivity index (χ1v) is 11.3. The first-order chi connectivity index (χ1) is 16.2. The van der Waals surface area contributed by atoms with Gasteiger partial charge < -0.3 is 0 Å². The molecule has 34 heavy (non-hydrogen) atoms. The molecule has 2 aliphatic rings. The molecule has 2 aromatic carbocycles. The molecular formula is C24H22ClN3O6. The van der Waals surface area contributed by atoms with Gasteiger partial charge in [-0.3, -0.25) is 29.3 Å². The number of hydrazine groups is 1. The molecule has 0 N–H and O–H groups in total. The summed E-state index contributed by atoms with van der Waals surface area (Å²) >= 11 is 5.89. The lowest BCUT2D eigenvalue weighted by molar-refractivity contribution is -0.384. The summed E-state index contributed by atoms with van der Waals surface area (Å²) in [5, 5.41) is 13.1. The van der Waals surface area contributed by atoms with Gasteiger partial charge in [-0.15, -0.1) is 0 Å². The maximum Gasteiger partial charge on any atom is 0.273 e. The molecule has 176 valence electrons. The summed E-state index contributed by atoms with van der Waals surface area (Å²) in [6.45, 7) is 1.46. The fourth-order valence-corrected chi connectivity index (χ4v) is 4.71. The van der Waals surface area contributed by atoms with Crippen molar-refractivity contribution >= 4 is 40.8 Å². The monoisotopic (exact) mass is 483 g/mol. The zero-order valence-corrected chi connectivity index (χ0v) is 19.1. The Labute approximate surface area is 200 Å². The van der Waals surface area contributed by atoms with Crippen LogP contribution in [0.1, 0.15) is 46.9 Å². The van der Waals surface area contributed by atoms with Crippen LogP contribution in [0.2, 0.25) is 5.02 Å². The van der Waals surface area contributed by atoms with E-state index in [9.17, 15) is 29.3 Å². The van der Waals surface area contributed by atoms with Crippen LogP contribution in [0.5, 0.6) is 0 Å². The average molecular weight is 484 g/mol. The highest BCUT2D eigenvalue weighted by atomic mass is 35.5. The van der Waals surface area contributed by atoms with Crippen molar-refractivity contribution in [3.8, 4) is 0 Å². The third-order valence-electron chi connectivity index (χ3n) is 6.42. The molecule has 0 bridgehead atoms. The average Bonchev–Trinajstić information content (AvgIpc) is 3.06. The van der Waals surface area contributed by atoms with E-state index in [1.165, 1.54) is 36.4 Å². The molecule has 0 spiro atoms. The number of benzene rings is 2. The van der Waals surface area contributed by atoms with E-state index in [0.717, 1.165) is 28.6 Å². The number of imide groups is 1. The zero-order valence-electron chi connectivity index (χ0n) is 18.3. The molecule has 1 heterocycles. The van der Waals surface area contributed by atoms with Gasteiger partial charge in [0.1, 0.15) is 6.54 Å². The van der Waals surface area contributed by atoms with E-state index < -0.39 is 46.8 Å². The van der Waals surface area contributed by atoms with Crippen molar-refractivity contribution in [2.24, 2.45) is 17.8 Å². The lowest BCUT2D eigenvalue weighted by atomic mass is 9.76. The van der Waals surface area contributed by atoms with Gasteiger partial charge in [-0.25, -0.2) is 5.01 Å². The maximum absolute atomic E-state index is 13.4. The molecule has 3 amide bonds. The minimum absolute atomic E-state index is 0.0124. The molecule has 2 fully saturated rings. The number of hydrogen-bond donors (Lipinski definition) is 0. The van der Waals surface area contributed by atoms with E-state index >= 15 is 0 Å². The van der Waals surface area contributed by atoms with Crippen molar-refractivity contribution < 1.29 is 24.1 Å². The Kier molecular flexibility index (Phi) is 6.47. The number of halogens is 1. The molecule has 0 aromatic heterocycles. The number of Topliss-reactive ketones (excluding diaryl/α,β-unsaturated/α-hetero) is 1. The molecular weight excluding hydrogens is 462 g/mol. The largest absolute Gasteiger partial charge is 0.292 e. The number of ketones is 1. The van der Waals surface area contributed by atoms with Crippen LogP contribution < -0.4 is 0 Å². The number of nitro benzene ring substituents is 1. The van der Waals surface area contributed by atoms with E-state index in [4.69, 9.17) is 11.6 Å². The number of nitro groups is 1. The Morgan fingerprint density at radius 3 is 2.21 bits per heavy atom. The number of carbonyl (C=O) groups is 4. The Morgan fingerprint density at radius 1 is 1.00 bits per heavy atom. The highest BCUT2D eigenvalue weighted by molar-refractivity contribution is 6.30. The quantitative estimate of drug-likeness (QED) is 0.266. The maximum atomic E-state index is 13.4. The highest BCUT2D eigenvalue weighted by Gasteiger charge is 2.52. The third-order valence-corrected chi connectivity index (χ3v) is 6.68. The van der Waals surface area contributed by atoms with Crippen LogP contribution in [-0.2, 0) is 9.59 Å². The Hall–Kier alpha value is -3.59. The van der Waals surface area contributed by atoms with Crippen LogP contribution in [0.3, 0.4) is 0 Å². The van der Waals surface area contributed by atoms with Gasteiger partial charge in [0.05, 0.1) is 16.8 Å². The summed E-state index contributed by atoms with van der Waals surface area (Å²) in [5.74, 6) is -3.05. The number of carbonyl (C=O) groups excluding carboxylic acids is 4. The molecule has 10 heteroatoms. The summed E-state index contributed by atoms with van der Waals surface area (Å²) in [6, 6.07) is 10.8. The molecule has 1 saturated carbocycles. The molecule has 0 radical (unpaired) electrons. The molecule has 0 unspecified atom stereocenters. The second kappa shape index (κ2) is 9.34. The van der Waals surface area contributed by atoms with Gasteiger partial charge in [0.25, 0.3) is 23.4 Å². The second-order valence-electron chi connectivity index (χ2n) is 8.72. The van der Waals surface area contributed by atoms with Crippen LogP contribution in [0.15, 0.2) is 48.5 Å². The Balaban J connectivity index is 1.68. The summed E-state index contributed by atoms with van der Waals surface area (Å²) < 4.78 is 0. The van der Waals surface area contributed by atoms with E-state index in [1.54, 1.807) is 0 Å². The SMILES string of the molecule is C[C@@H]1CC[C@H]2C(=O)N(N(CC(=O)c3ccc(Cl)cc3)C(=O)c3ccc([N+](=O)[O-])cc3)C(=O)[C@H]2C1. The number of amides is 3. The predicted molar refractivity (Wildman–Crippen MR) is 122 cm³/mol. The molecule has 2 aromatic rings. The molecule has 3 atom stereocenters.